The normalized spacial score (nSPS) is 47.1. The summed E-state index contributed by atoms with van der Waals surface area (Å²) in [5.41, 5.74) is 1.75. The van der Waals surface area contributed by atoms with E-state index in [9.17, 15) is 0 Å². The van der Waals surface area contributed by atoms with E-state index in [1.54, 1.807) is 81.1 Å². The molecule has 0 amide bonds. The van der Waals surface area contributed by atoms with E-state index in [0.717, 1.165) is 35.5 Å². The minimum absolute atomic E-state index is 1.13. The van der Waals surface area contributed by atoms with Crippen molar-refractivity contribution in [2.75, 3.05) is 37.0 Å². The van der Waals surface area contributed by atoms with Crippen LogP contribution in [0.5, 0.6) is 0 Å². The molecule has 0 radical (unpaired) electrons. The van der Waals surface area contributed by atoms with E-state index in [2.05, 4.69) is 35.7 Å². The van der Waals surface area contributed by atoms with Crippen molar-refractivity contribution in [2.45, 2.75) is 45.4 Å². The van der Waals surface area contributed by atoms with Gasteiger partial charge >= 0.3 is 167 Å². The Balaban J connectivity index is 1.39. The SMILES string of the molecule is Cc1cccc([PH]23CC4CC(CC(C4)C2)C3)c1[PH]12CC3CC(CC(C3)C1)C2. The van der Waals surface area contributed by atoms with Crippen molar-refractivity contribution in [3.63, 3.8) is 0 Å². The van der Waals surface area contributed by atoms with Crippen molar-refractivity contribution in [3.8, 4) is 0 Å². The molecule has 27 heavy (non-hydrogen) atoms. The summed E-state index contributed by atoms with van der Waals surface area (Å²) in [7, 11) is -2.44. The van der Waals surface area contributed by atoms with Gasteiger partial charge in [0.05, 0.1) is 0 Å². The van der Waals surface area contributed by atoms with E-state index in [0.29, 0.717) is 0 Å². The quantitative estimate of drug-likeness (QED) is 0.622. The molecule has 0 nitrogen and oxygen atoms in total. The molecule has 2 heteroatoms. The molecular weight excluding hydrogens is 362 g/mol. The van der Waals surface area contributed by atoms with Gasteiger partial charge in [-0.2, -0.15) is 0 Å². The molecule has 1 aromatic rings. The van der Waals surface area contributed by atoms with Crippen molar-refractivity contribution < 1.29 is 0 Å². The predicted molar refractivity (Wildman–Crippen MR) is 125 cm³/mol. The Kier molecular flexibility index (Phi) is 3.50. The van der Waals surface area contributed by atoms with Crippen LogP contribution in [0.4, 0.5) is 0 Å². The van der Waals surface area contributed by atoms with E-state index < -0.39 is 14.5 Å². The number of benzene rings is 1. The van der Waals surface area contributed by atoms with Crippen LogP contribution in [-0.2, 0) is 0 Å². The number of aryl methyl sites for hydroxylation is 1. The van der Waals surface area contributed by atoms with Crippen LogP contribution < -0.4 is 10.6 Å². The number of rotatable bonds is 2. The van der Waals surface area contributed by atoms with E-state index in [4.69, 9.17) is 0 Å². The minimum atomic E-state index is -1.23. The van der Waals surface area contributed by atoms with Crippen LogP contribution in [0.25, 0.3) is 0 Å². The van der Waals surface area contributed by atoms with Crippen LogP contribution in [0.1, 0.15) is 44.1 Å². The maximum absolute atomic E-state index is 2.73. The molecule has 0 unspecified atom stereocenters. The number of hydrogen-bond acceptors (Lipinski definition) is 0. The number of hydrogen-bond donors (Lipinski definition) is 0. The first-order valence-electron chi connectivity index (χ1n) is 12.2. The molecule has 0 atom stereocenters. The van der Waals surface area contributed by atoms with Crippen LogP contribution in [0.15, 0.2) is 18.2 Å². The Morgan fingerprint density at radius 2 is 1.00 bits per heavy atom. The second-order valence-corrected chi connectivity index (χ2v) is 21.0. The first-order chi connectivity index (χ1) is 13.1. The Labute approximate surface area is 166 Å². The molecule has 6 aliphatic heterocycles. The van der Waals surface area contributed by atoms with E-state index >= 15 is 0 Å². The van der Waals surface area contributed by atoms with Crippen LogP contribution in [0.3, 0.4) is 0 Å². The molecule has 6 heterocycles. The summed E-state index contributed by atoms with van der Waals surface area (Å²) in [5, 5.41) is 4.19. The van der Waals surface area contributed by atoms with Crippen molar-refractivity contribution in [2.24, 2.45) is 35.5 Å². The molecule has 2 saturated carbocycles. The third-order valence-electron chi connectivity index (χ3n) is 10.5. The average Bonchev–Trinajstić information content (AvgIpc) is 2.59. The summed E-state index contributed by atoms with van der Waals surface area (Å²) in [6.45, 7) is 2.53. The fourth-order valence-corrected chi connectivity index (χ4v) is 25.9. The topological polar surface area (TPSA) is 0 Å². The zero-order valence-corrected chi connectivity index (χ0v) is 19.2. The van der Waals surface area contributed by atoms with Gasteiger partial charge in [-0.25, -0.2) is 0 Å². The van der Waals surface area contributed by atoms with Crippen LogP contribution in [0.2, 0.25) is 0 Å². The average molecular weight is 401 g/mol. The van der Waals surface area contributed by atoms with Crippen molar-refractivity contribution >= 4 is 25.1 Å². The van der Waals surface area contributed by atoms with Gasteiger partial charge in [-0.15, -0.1) is 0 Å². The van der Waals surface area contributed by atoms with Crippen molar-refractivity contribution in [1.29, 1.82) is 0 Å². The molecule has 148 valence electrons. The molecule has 0 spiro atoms. The Morgan fingerprint density at radius 3 is 1.44 bits per heavy atom. The third-order valence-corrected chi connectivity index (χ3v) is 22.1. The summed E-state index contributed by atoms with van der Waals surface area (Å²) in [4.78, 5) is 0. The Bertz CT molecular complexity index is 723. The molecule has 6 saturated heterocycles. The first-order valence-corrected chi connectivity index (χ1v) is 17.5. The van der Waals surface area contributed by atoms with Gasteiger partial charge in [0.2, 0.25) is 0 Å². The zero-order valence-electron chi connectivity index (χ0n) is 17.2. The summed E-state index contributed by atoms with van der Waals surface area (Å²) < 4.78 is 0. The molecule has 9 rings (SSSR count). The summed E-state index contributed by atoms with van der Waals surface area (Å²) in [6.07, 6.45) is 19.8. The van der Waals surface area contributed by atoms with Crippen LogP contribution >= 0.6 is 14.5 Å². The van der Waals surface area contributed by atoms with E-state index in [1.165, 1.54) is 0 Å². The van der Waals surface area contributed by atoms with Gasteiger partial charge in [0.1, 0.15) is 0 Å². The molecular formula is C25H38P2. The molecule has 8 aliphatic rings. The maximum atomic E-state index is 2.73. The Morgan fingerprint density at radius 1 is 0.593 bits per heavy atom. The standard InChI is InChI=1S/C25H38P2/c1-17-3-2-4-24(26-11-18-5-19(12-26)7-20(6-18)13-26)25(17)27-14-21-8-22(15-27)10-23(9-21)16-27/h2-4,18-23,26-27H,5-16H2,1H3. The summed E-state index contributed by atoms with van der Waals surface area (Å²) >= 11 is 0. The van der Waals surface area contributed by atoms with Crippen LogP contribution in [0, 0.1) is 42.4 Å². The van der Waals surface area contributed by atoms with Crippen molar-refractivity contribution in [3.05, 3.63) is 23.8 Å². The van der Waals surface area contributed by atoms with Crippen molar-refractivity contribution in [1.82, 2.24) is 0 Å². The van der Waals surface area contributed by atoms with Gasteiger partial charge in [-0.05, 0) is 0 Å². The third kappa shape index (κ3) is 2.36. The monoisotopic (exact) mass is 400 g/mol. The van der Waals surface area contributed by atoms with Crippen LogP contribution in [-0.4, -0.2) is 37.0 Å². The first kappa shape index (κ1) is 16.8. The van der Waals surface area contributed by atoms with Gasteiger partial charge in [0, 0.05) is 0 Å². The molecule has 2 aliphatic carbocycles. The molecule has 1 aromatic carbocycles. The van der Waals surface area contributed by atoms with Gasteiger partial charge < -0.3 is 0 Å². The fraction of sp³-hybridized carbons (Fsp3) is 0.760. The molecule has 0 aromatic heterocycles. The van der Waals surface area contributed by atoms with Gasteiger partial charge in [-0.3, -0.25) is 0 Å². The zero-order chi connectivity index (χ0) is 17.8. The molecule has 0 N–H and O–H groups in total. The molecule has 8 bridgehead atoms. The van der Waals surface area contributed by atoms with Gasteiger partial charge in [-0.1, -0.05) is 0 Å². The second kappa shape index (κ2) is 5.61. The van der Waals surface area contributed by atoms with E-state index in [1.807, 2.05) is 0 Å². The second-order valence-electron chi connectivity index (χ2n) is 12.4. The molecule has 8 fully saturated rings. The summed E-state index contributed by atoms with van der Waals surface area (Å²) in [6, 6.07) is 7.74. The predicted octanol–water partition coefficient (Wildman–Crippen LogP) is 4.86. The van der Waals surface area contributed by atoms with E-state index in [-0.39, 0.29) is 0 Å². The van der Waals surface area contributed by atoms with Gasteiger partial charge in [0.25, 0.3) is 0 Å². The Hall–Kier alpha value is 0.0800. The summed E-state index contributed by atoms with van der Waals surface area (Å²) in [5.74, 6) is 6.80. The van der Waals surface area contributed by atoms with Gasteiger partial charge in [0.15, 0.2) is 0 Å². The fourth-order valence-electron chi connectivity index (χ4n) is 10.7.